The van der Waals surface area contributed by atoms with Crippen LogP contribution < -0.4 is 24.0 Å². The van der Waals surface area contributed by atoms with Gasteiger partial charge in [-0.3, -0.25) is 24.1 Å². The number of para-hydroxylation sites is 2. The van der Waals surface area contributed by atoms with Gasteiger partial charge in [0.2, 0.25) is 23.6 Å². The molecule has 2 saturated heterocycles. The molecule has 2 heterocycles. The van der Waals surface area contributed by atoms with Gasteiger partial charge in [0.1, 0.15) is 23.9 Å². The monoisotopic (exact) mass is 738 g/mol. The van der Waals surface area contributed by atoms with E-state index in [2.05, 4.69) is 0 Å². The second-order valence-electron chi connectivity index (χ2n) is 14.7. The summed E-state index contributed by atoms with van der Waals surface area (Å²) < 4.78 is 16.9. The number of nitrogens with zero attached hydrogens (tertiary/aromatic N) is 2. The number of ether oxygens (including phenoxy) is 3. The summed E-state index contributed by atoms with van der Waals surface area (Å²) in [7, 11) is 3.21. The number of carbonyl (C=O) groups is 4. The van der Waals surface area contributed by atoms with Gasteiger partial charge in [-0.05, 0) is 79.8 Å². The highest BCUT2D eigenvalue weighted by atomic mass is 16.5. The van der Waals surface area contributed by atoms with E-state index in [1.165, 1.54) is 9.80 Å². The second-order valence-corrected chi connectivity index (χ2v) is 14.7. The number of rotatable bonds is 10. The third-order valence-electron chi connectivity index (χ3n) is 11.9. The molecule has 0 spiro atoms. The lowest BCUT2D eigenvalue weighted by Crippen LogP contribution is -2.49. The van der Waals surface area contributed by atoms with Crippen LogP contribution in [0.15, 0.2) is 109 Å². The third kappa shape index (κ3) is 5.83. The van der Waals surface area contributed by atoms with Crippen molar-refractivity contribution >= 4 is 47.2 Å². The van der Waals surface area contributed by atoms with E-state index in [4.69, 9.17) is 14.2 Å². The van der Waals surface area contributed by atoms with Gasteiger partial charge in [-0.2, -0.15) is 0 Å². The van der Waals surface area contributed by atoms with E-state index >= 15 is 0 Å². The van der Waals surface area contributed by atoms with Crippen molar-refractivity contribution in [3.8, 4) is 17.2 Å². The molecule has 4 aromatic carbocycles. The molecule has 6 atom stereocenters. The fraction of sp³-hybridized carbons (Fsp3) is 0.289. The molecule has 1 N–H and O–H groups in total. The molecule has 6 unspecified atom stereocenters. The zero-order chi connectivity index (χ0) is 38.4. The average molecular weight is 739 g/mol. The van der Waals surface area contributed by atoms with E-state index in [-0.39, 0.29) is 43.3 Å². The third-order valence-corrected chi connectivity index (χ3v) is 11.9. The fourth-order valence-corrected chi connectivity index (χ4v) is 9.33. The Hall–Kier alpha value is -6.00. The molecule has 1 saturated carbocycles. The van der Waals surface area contributed by atoms with Crippen LogP contribution in [-0.4, -0.2) is 56.2 Å². The van der Waals surface area contributed by atoms with Gasteiger partial charge in [0.05, 0.1) is 55.4 Å². The van der Waals surface area contributed by atoms with Crippen molar-refractivity contribution in [3.63, 3.8) is 0 Å². The SMILES string of the molecule is COc1ccc(OC)c(C=Cc2ccc(N3C(=O)C4CC=C5C(CC6C(=O)N(c7ccccc7)C(=O)C6(C)C5c5ccccc5OCCO)C4C3=O)cc2)c1. The van der Waals surface area contributed by atoms with Crippen LogP contribution in [0.2, 0.25) is 0 Å². The summed E-state index contributed by atoms with van der Waals surface area (Å²) in [5.74, 6) is -2.49. The van der Waals surface area contributed by atoms with Crippen LogP contribution >= 0.6 is 0 Å². The summed E-state index contributed by atoms with van der Waals surface area (Å²) in [6, 6.07) is 29.1. The molecular formula is C45H42N2O8. The highest BCUT2D eigenvalue weighted by Gasteiger charge is 2.68. The van der Waals surface area contributed by atoms with E-state index in [0.717, 1.165) is 16.7 Å². The second kappa shape index (κ2) is 14.3. The van der Waals surface area contributed by atoms with Crippen LogP contribution in [-0.2, 0) is 19.2 Å². The van der Waals surface area contributed by atoms with Crippen molar-refractivity contribution in [2.24, 2.45) is 29.1 Å². The topological polar surface area (TPSA) is 123 Å². The Kier molecular flexibility index (Phi) is 9.38. The number of methoxy groups -OCH3 is 2. The zero-order valence-electron chi connectivity index (χ0n) is 30.9. The quantitative estimate of drug-likeness (QED) is 0.109. The van der Waals surface area contributed by atoms with Crippen LogP contribution in [0.5, 0.6) is 17.2 Å². The molecular weight excluding hydrogens is 697 g/mol. The van der Waals surface area contributed by atoms with Crippen molar-refractivity contribution in [3.05, 3.63) is 125 Å². The Bertz CT molecular complexity index is 2230. The van der Waals surface area contributed by atoms with Gasteiger partial charge in [-0.15, -0.1) is 0 Å². The zero-order valence-corrected chi connectivity index (χ0v) is 30.9. The fourth-order valence-electron chi connectivity index (χ4n) is 9.33. The number of aliphatic hydroxyl groups is 1. The highest BCUT2D eigenvalue weighted by Crippen LogP contribution is 2.64. The molecule has 2 aliphatic carbocycles. The van der Waals surface area contributed by atoms with Gasteiger partial charge in [0, 0.05) is 17.0 Å². The normalized spacial score (nSPS) is 25.8. The first-order valence-electron chi connectivity index (χ1n) is 18.5. The van der Waals surface area contributed by atoms with Gasteiger partial charge in [0.15, 0.2) is 0 Å². The van der Waals surface area contributed by atoms with E-state index in [1.807, 2.05) is 79.7 Å². The number of imide groups is 2. The van der Waals surface area contributed by atoms with Crippen LogP contribution in [0.3, 0.4) is 0 Å². The van der Waals surface area contributed by atoms with Gasteiger partial charge in [-0.25, -0.2) is 4.90 Å². The molecule has 280 valence electrons. The number of fused-ring (bicyclic) bond motifs is 4. The number of hydrogen-bond acceptors (Lipinski definition) is 8. The lowest BCUT2D eigenvalue weighted by Gasteiger charge is -2.49. The highest BCUT2D eigenvalue weighted by molar-refractivity contribution is 6.25. The molecule has 4 aromatic rings. The number of carbonyl (C=O) groups excluding carboxylic acids is 4. The standard InChI is InChI=1S/C45H42N2O8/c1-45-36(42(50)47(44(45)52)29-9-5-4-6-10-29)26-35-32(40(45)33-11-7-8-12-38(33)55-24-23-48)20-21-34-39(35)43(51)46(41(34)49)30-17-14-27(15-18-30)13-16-28-25-31(53-2)19-22-37(28)54-3/h4-20,22,25,34-36,39-40,48H,21,23-24,26H2,1-3H3. The summed E-state index contributed by atoms with van der Waals surface area (Å²) in [5, 5.41) is 9.63. The van der Waals surface area contributed by atoms with E-state index in [9.17, 15) is 24.3 Å². The number of anilines is 2. The van der Waals surface area contributed by atoms with Crippen LogP contribution in [0.4, 0.5) is 11.4 Å². The van der Waals surface area contributed by atoms with E-state index in [0.29, 0.717) is 40.6 Å². The number of aliphatic hydroxyl groups excluding tert-OH is 1. The van der Waals surface area contributed by atoms with Crippen molar-refractivity contribution in [2.75, 3.05) is 37.2 Å². The summed E-state index contributed by atoms with van der Waals surface area (Å²) in [6.07, 6.45) is 6.43. The van der Waals surface area contributed by atoms with Gasteiger partial charge in [-0.1, -0.05) is 72.3 Å². The molecule has 4 aliphatic rings. The van der Waals surface area contributed by atoms with E-state index in [1.54, 1.807) is 56.7 Å². The molecule has 55 heavy (non-hydrogen) atoms. The predicted octanol–water partition coefficient (Wildman–Crippen LogP) is 6.68. The summed E-state index contributed by atoms with van der Waals surface area (Å²) in [5.41, 5.74) is 3.03. The molecule has 0 aromatic heterocycles. The van der Waals surface area contributed by atoms with Crippen molar-refractivity contribution in [1.82, 2.24) is 0 Å². The largest absolute Gasteiger partial charge is 0.497 e. The first-order chi connectivity index (χ1) is 26.7. The smallest absolute Gasteiger partial charge is 0.241 e. The summed E-state index contributed by atoms with van der Waals surface area (Å²) >= 11 is 0. The number of benzene rings is 4. The Labute approximate surface area is 319 Å². The molecule has 0 radical (unpaired) electrons. The predicted molar refractivity (Wildman–Crippen MR) is 207 cm³/mol. The Balaban J connectivity index is 1.14. The maximum atomic E-state index is 14.7. The molecule has 2 aliphatic heterocycles. The Morgan fingerprint density at radius 2 is 1.49 bits per heavy atom. The summed E-state index contributed by atoms with van der Waals surface area (Å²) in [4.78, 5) is 60.6. The van der Waals surface area contributed by atoms with Crippen LogP contribution in [0, 0.1) is 29.1 Å². The first-order valence-corrected chi connectivity index (χ1v) is 18.5. The minimum absolute atomic E-state index is 0.0474. The summed E-state index contributed by atoms with van der Waals surface area (Å²) in [6.45, 7) is 1.70. The van der Waals surface area contributed by atoms with Crippen molar-refractivity contribution in [2.45, 2.75) is 25.7 Å². The van der Waals surface area contributed by atoms with Gasteiger partial charge >= 0.3 is 0 Å². The van der Waals surface area contributed by atoms with Crippen LogP contribution in [0.1, 0.15) is 42.4 Å². The average Bonchev–Trinajstić information content (AvgIpc) is 3.58. The molecule has 4 amide bonds. The Morgan fingerprint density at radius 1 is 0.764 bits per heavy atom. The van der Waals surface area contributed by atoms with E-state index < -0.39 is 35.0 Å². The number of hydrogen-bond donors (Lipinski definition) is 1. The molecule has 10 heteroatoms. The number of allylic oxidation sites excluding steroid dienone is 2. The molecule has 3 fully saturated rings. The molecule has 8 rings (SSSR count). The maximum Gasteiger partial charge on any atom is 0.241 e. The minimum Gasteiger partial charge on any atom is -0.497 e. The van der Waals surface area contributed by atoms with Crippen LogP contribution in [0.25, 0.3) is 12.2 Å². The van der Waals surface area contributed by atoms with Crippen molar-refractivity contribution < 1.29 is 38.5 Å². The lowest BCUT2D eigenvalue weighted by molar-refractivity contribution is -0.131. The Morgan fingerprint density at radius 3 is 2.22 bits per heavy atom. The lowest BCUT2D eigenvalue weighted by atomic mass is 9.51. The molecule has 0 bridgehead atoms. The molecule has 10 nitrogen and oxygen atoms in total. The van der Waals surface area contributed by atoms with Gasteiger partial charge in [0.25, 0.3) is 0 Å². The van der Waals surface area contributed by atoms with Crippen molar-refractivity contribution in [1.29, 1.82) is 0 Å². The minimum atomic E-state index is -1.20. The first kappa shape index (κ1) is 36.0. The number of amides is 4. The maximum absolute atomic E-state index is 14.7. The van der Waals surface area contributed by atoms with Gasteiger partial charge < -0.3 is 19.3 Å².